The fourth-order valence-corrected chi connectivity index (χ4v) is 2.37. The van der Waals surface area contributed by atoms with Crippen LogP contribution < -0.4 is 5.32 Å². The minimum absolute atomic E-state index is 0.813. The Bertz CT molecular complexity index is 119. The van der Waals surface area contributed by atoms with Crippen molar-refractivity contribution in [3.8, 4) is 0 Å². The molecular weight excluding hydrogens is 194 g/mol. The highest BCUT2D eigenvalue weighted by Crippen LogP contribution is 2.17. The molecule has 0 radical (unpaired) electrons. The Balaban J connectivity index is 1.93. The van der Waals surface area contributed by atoms with Crippen molar-refractivity contribution < 1.29 is 0 Å². The molecule has 14 heavy (non-hydrogen) atoms. The minimum Gasteiger partial charge on any atom is -0.314 e. The summed E-state index contributed by atoms with van der Waals surface area (Å²) in [7, 11) is 0. The number of hydrogen-bond donors (Lipinski definition) is 1. The van der Waals surface area contributed by atoms with E-state index in [1.54, 1.807) is 0 Å². The summed E-state index contributed by atoms with van der Waals surface area (Å²) in [6.45, 7) is 1.20. The Morgan fingerprint density at radius 2 is 1.64 bits per heavy atom. The van der Waals surface area contributed by atoms with Gasteiger partial charge in [0, 0.05) is 11.9 Å². The fraction of sp³-hybridized carbons (Fsp3) is 1.00. The van der Waals surface area contributed by atoms with Crippen molar-refractivity contribution in [2.24, 2.45) is 0 Å². The van der Waals surface area contributed by atoms with E-state index in [0.717, 1.165) is 11.9 Å². The Morgan fingerprint density at radius 3 is 2.29 bits per heavy atom. The summed E-state index contributed by atoms with van der Waals surface area (Å²) in [5.41, 5.74) is 0. The van der Waals surface area contributed by atoms with Gasteiger partial charge in [0.25, 0.3) is 0 Å². The number of alkyl halides is 1. The standard InChI is InChI=1S/C12H24ClN/c13-10-6-3-7-11-14-12-8-4-1-2-5-9-12/h12,14H,1-11H2. The largest absolute Gasteiger partial charge is 0.314 e. The molecule has 0 bridgehead atoms. The fourth-order valence-electron chi connectivity index (χ4n) is 2.19. The lowest BCUT2D eigenvalue weighted by molar-refractivity contribution is 0.451. The van der Waals surface area contributed by atoms with Crippen LogP contribution in [0, 0.1) is 0 Å². The minimum atomic E-state index is 0.813. The van der Waals surface area contributed by atoms with E-state index in [0.29, 0.717) is 0 Å². The summed E-state index contributed by atoms with van der Waals surface area (Å²) in [5.74, 6) is 0.823. The van der Waals surface area contributed by atoms with Gasteiger partial charge >= 0.3 is 0 Å². The van der Waals surface area contributed by atoms with Gasteiger partial charge in [0.15, 0.2) is 0 Å². The van der Waals surface area contributed by atoms with Gasteiger partial charge in [-0.05, 0) is 32.2 Å². The van der Waals surface area contributed by atoms with Crippen molar-refractivity contribution in [3.05, 3.63) is 0 Å². The Kier molecular flexibility index (Phi) is 7.52. The molecule has 1 N–H and O–H groups in total. The molecule has 0 aromatic carbocycles. The summed E-state index contributed by atoms with van der Waals surface area (Å²) < 4.78 is 0. The molecular formula is C12H24ClN. The zero-order valence-corrected chi connectivity index (χ0v) is 9.99. The molecule has 2 heteroatoms. The monoisotopic (exact) mass is 217 g/mol. The lowest BCUT2D eigenvalue weighted by Crippen LogP contribution is -2.29. The van der Waals surface area contributed by atoms with Gasteiger partial charge in [-0.3, -0.25) is 0 Å². The van der Waals surface area contributed by atoms with Gasteiger partial charge in [0.05, 0.1) is 0 Å². The van der Waals surface area contributed by atoms with E-state index < -0.39 is 0 Å². The summed E-state index contributed by atoms with van der Waals surface area (Å²) in [6, 6.07) is 0.813. The highest BCUT2D eigenvalue weighted by atomic mass is 35.5. The van der Waals surface area contributed by atoms with Crippen molar-refractivity contribution in [1.82, 2.24) is 5.32 Å². The summed E-state index contributed by atoms with van der Waals surface area (Å²) in [5, 5.41) is 3.68. The predicted molar refractivity (Wildman–Crippen MR) is 64.1 cm³/mol. The molecule has 0 aliphatic heterocycles. The second-order valence-electron chi connectivity index (χ2n) is 4.39. The molecule has 1 aliphatic carbocycles. The van der Waals surface area contributed by atoms with Gasteiger partial charge in [-0.25, -0.2) is 0 Å². The lowest BCUT2D eigenvalue weighted by atomic mass is 10.1. The van der Waals surface area contributed by atoms with Crippen LogP contribution in [0.3, 0.4) is 0 Å². The van der Waals surface area contributed by atoms with Crippen LogP contribution in [0.4, 0.5) is 0 Å². The second kappa shape index (κ2) is 8.55. The quantitative estimate of drug-likeness (QED) is 0.406. The maximum Gasteiger partial charge on any atom is 0.0223 e. The molecule has 1 aliphatic rings. The van der Waals surface area contributed by atoms with Crippen LogP contribution in [0.5, 0.6) is 0 Å². The van der Waals surface area contributed by atoms with Crippen LogP contribution in [0.2, 0.25) is 0 Å². The Labute approximate surface area is 93.6 Å². The molecule has 0 unspecified atom stereocenters. The smallest absolute Gasteiger partial charge is 0.0223 e. The van der Waals surface area contributed by atoms with Gasteiger partial charge in [0.2, 0.25) is 0 Å². The van der Waals surface area contributed by atoms with E-state index in [1.807, 2.05) is 0 Å². The summed E-state index contributed by atoms with van der Waals surface area (Å²) in [6.07, 6.45) is 12.3. The van der Waals surface area contributed by atoms with Gasteiger partial charge in [-0.2, -0.15) is 0 Å². The van der Waals surface area contributed by atoms with Gasteiger partial charge in [-0.15, -0.1) is 11.6 Å². The highest BCUT2D eigenvalue weighted by Gasteiger charge is 2.10. The maximum absolute atomic E-state index is 5.63. The molecule has 1 nitrogen and oxygen atoms in total. The van der Waals surface area contributed by atoms with Gasteiger partial charge < -0.3 is 5.32 Å². The van der Waals surface area contributed by atoms with Crippen molar-refractivity contribution in [3.63, 3.8) is 0 Å². The molecule has 0 saturated heterocycles. The zero-order valence-electron chi connectivity index (χ0n) is 9.23. The zero-order chi connectivity index (χ0) is 10.1. The van der Waals surface area contributed by atoms with E-state index in [1.165, 1.54) is 64.3 Å². The maximum atomic E-state index is 5.63. The first-order valence-electron chi connectivity index (χ1n) is 6.23. The normalized spacial score (nSPS) is 19.5. The molecule has 0 heterocycles. The average molecular weight is 218 g/mol. The topological polar surface area (TPSA) is 12.0 Å². The first-order valence-corrected chi connectivity index (χ1v) is 6.76. The van der Waals surface area contributed by atoms with Crippen LogP contribution in [0.15, 0.2) is 0 Å². The van der Waals surface area contributed by atoms with Crippen molar-refractivity contribution in [2.75, 3.05) is 12.4 Å². The van der Waals surface area contributed by atoms with Crippen LogP contribution in [0.1, 0.15) is 57.8 Å². The number of hydrogen-bond acceptors (Lipinski definition) is 1. The lowest BCUT2D eigenvalue weighted by Gasteiger charge is -2.15. The summed E-state index contributed by atoms with van der Waals surface area (Å²) >= 11 is 5.63. The molecule has 1 rings (SSSR count). The van der Waals surface area contributed by atoms with E-state index in [2.05, 4.69) is 5.32 Å². The molecule has 0 amide bonds. The number of halogens is 1. The molecule has 84 valence electrons. The van der Waals surface area contributed by atoms with E-state index in [9.17, 15) is 0 Å². The third-order valence-electron chi connectivity index (χ3n) is 3.10. The molecule has 1 fully saturated rings. The summed E-state index contributed by atoms with van der Waals surface area (Å²) in [4.78, 5) is 0. The first-order chi connectivity index (χ1) is 6.93. The second-order valence-corrected chi connectivity index (χ2v) is 4.77. The molecule has 0 aromatic heterocycles. The SMILES string of the molecule is ClCCCCCNC1CCCCCC1. The molecule has 0 aromatic rings. The van der Waals surface area contributed by atoms with Crippen LogP contribution in [0.25, 0.3) is 0 Å². The van der Waals surface area contributed by atoms with E-state index in [4.69, 9.17) is 11.6 Å². The third kappa shape index (κ3) is 5.87. The van der Waals surface area contributed by atoms with Crippen molar-refractivity contribution >= 4 is 11.6 Å². The number of unbranched alkanes of at least 4 members (excludes halogenated alkanes) is 2. The van der Waals surface area contributed by atoms with Crippen molar-refractivity contribution in [1.29, 1.82) is 0 Å². The van der Waals surface area contributed by atoms with Gasteiger partial charge in [0.1, 0.15) is 0 Å². The van der Waals surface area contributed by atoms with Crippen LogP contribution >= 0.6 is 11.6 Å². The van der Waals surface area contributed by atoms with Crippen molar-refractivity contribution in [2.45, 2.75) is 63.8 Å². The molecule has 0 spiro atoms. The third-order valence-corrected chi connectivity index (χ3v) is 3.37. The Hall–Kier alpha value is 0.250. The molecule has 1 saturated carbocycles. The van der Waals surface area contributed by atoms with E-state index in [-0.39, 0.29) is 0 Å². The van der Waals surface area contributed by atoms with E-state index >= 15 is 0 Å². The highest BCUT2D eigenvalue weighted by molar-refractivity contribution is 6.17. The average Bonchev–Trinajstić information content (AvgIpc) is 2.46. The predicted octanol–water partition coefficient (Wildman–Crippen LogP) is 3.71. The van der Waals surface area contributed by atoms with Crippen LogP contribution in [-0.4, -0.2) is 18.5 Å². The Morgan fingerprint density at radius 1 is 0.929 bits per heavy atom. The first kappa shape index (κ1) is 12.3. The van der Waals surface area contributed by atoms with Gasteiger partial charge in [-0.1, -0.05) is 32.1 Å². The molecule has 0 atom stereocenters. The number of rotatable bonds is 6. The van der Waals surface area contributed by atoms with Crippen LogP contribution in [-0.2, 0) is 0 Å². The number of nitrogens with one attached hydrogen (secondary N) is 1.